The van der Waals surface area contributed by atoms with Gasteiger partial charge in [-0.2, -0.15) is 0 Å². The molecule has 3 heteroatoms. The molecule has 1 fully saturated rings. The lowest BCUT2D eigenvalue weighted by Gasteiger charge is -2.22. The van der Waals surface area contributed by atoms with Gasteiger partial charge in [-0.3, -0.25) is 4.79 Å². The van der Waals surface area contributed by atoms with E-state index in [1.807, 2.05) is 18.2 Å². The molecule has 17 heavy (non-hydrogen) atoms. The molecule has 1 aromatic carbocycles. The topological polar surface area (TPSA) is 29.1 Å². The van der Waals surface area contributed by atoms with Crippen LogP contribution in [0.1, 0.15) is 31.2 Å². The SMILES string of the molecule is Cl.O=C(CCc1ccccc1)[C@H]1CCCCN1. The fourth-order valence-electron chi connectivity index (χ4n) is 2.21. The van der Waals surface area contributed by atoms with E-state index in [2.05, 4.69) is 17.4 Å². The quantitative estimate of drug-likeness (QED) is 0.894. The number of nitrogens with one attached hydrogen (secondary N) is 1. The lowest BCUT2D eigenvalue weighted by molar-refractivity contribution is -0.121. The molecule has 0 radical (unpaired) electrons. The van der Waals surface area contributed by atoms with Crippen LogP contribution in [0.15, 0.2) is 30.3 Å². The number of aryl methyl sites for hydroxylation is 1. The minimum atomic E-state index is 0. The molecule has 2 nitrogen and oxygen atoms in total. The molecule has 1 heterocycles. The second-order valence-corrected chi connectivity index (χ2v) is 4.45. The normalized spacial score (nSPS) is 19.4. The fourth-order valence-corrected chi connectivity index (χ4v) is 2.21. The van der Waals surface area contributed by atoms with Crippen molar-refractivity contribution in [2.45, 2.75) is 38.1 Å². The highest BCUT2D eigenvalue weighted by Gasteiger charge is 2.19. The minimum absolute atomic E-state index is 0. The molecule has 1 aliphatic rings. The van der Waals surface area contributed by atoms with E-state index in [0.717, 1.165) is 19.4 Å². The summed E-state index contributed by atoms with van der Waals surface area (Å²) in [4.78, 5) is 11.9. The Morgan fingerprint density at radius 3 is 2.65 bits per heavy atom. The number of rotatable bonds is 4. The Morgan fingerprint density at radius 2 is 2.00 bits per heavy atom. The predicted molar refractivity (Wildman–Crippen MR) is 72.7 cm³/mol. The Bertz CT molecular complexity index is 333. The first-order valence-electron chi connectivity index (χ1n) is 6.16. The van der Waals surface area contributed by atoms with Gasteiger partial charge < -0.3 is 5.32 Å². The Morgan fingerprint density at radius 1 is 1.24 bits per heavy atom. The van der Waals surface area contributed by atoms with Crippen LogP contribution in [0.3, 0.4) is 0 Å². The summed E-state index contributed by atoms with van der Waals surface area (Å²) >= 11 is 0. The third kappa shape index (κ3) is 4.49. The Labute approximate surface area is 109 Å². The number of carbonyl (C=O) groups is 1. The Hall–Kier alpha value is -0.860. The van der Waals surface area contributed by atoms with E-state index in [0.29, 0.717) is 12.2 Å². The van der Waals surface area contributed by atoms with Crippen LogP contribution in [0, 0.1) is 0 Å². The summed E-state index contributed by atoms with van der Waals surface area (Å²) in [6.07, 6.45) is 4.96. The molecule has 0 bridgehead atoms. The summed E-state index contributed by atoms with van der Waals surface area (Å²) in [6.45, 7) is 1.00. The van der Waals surface area contributed by atoms with Crippen LogP contribution in [0.2, 0.25) is 0 Å². The third-order valence-electron chi connectivity index (χ3n) is 3.20. The van der Waals surface area contributed by atoms with Crippen LogP contribution >= 0.6 is 12.4 Å². The Balaban J connectivity index is 0.00000144. The largest absolute Gasteiger partial charge is 0.307 e. The van der Waals surface area contributed by atoms with Crippen molar-refractivity contribution in [3.05, 3.63) is 35.9 Å². The van der Waals surface area contributed by atoms with Crippen LogP contribution in [0.25, 0.3) is 0 Å². The van der Waals surface area contributed by atoms with Crippen LogP contribution in [-0.4, -0.2) is 18.4 Å². The first-order valence-corrected chi connectivity index (χ1v) is 6.16. The highest BCUT2D eigenvalue weighted by Crippen LogP contribution is 2.11. The summed E-state index contributed by atoms with van der Waals surface area (Å²) in [5.41, 5.74) is 1.26. The molecular formula is C14H20ClNO. The van der Waals surface area contributed by atoms with Gasteiger partial charge in [-0.25, -0.2) is 0 Å². The molecule has 0 spiro atoms. The standard InChI is InChI=1S/C14H19NO.ClH/c16-14(13-8-4-5-11-15-13)10-9-12-6-2-1-3-7-12;/h1-3,6-7,13,15H,4-5,8-11H2;1H/t13-;/m1./s1. The Kier molecular flexibility index (Phi) is 6.23. The number of benzene rings is 1. The average molecular weight is 254 g/mol. The number of halogens is 1. The van der Waals surface area contributed by atoms with Crippen LogP contribution in [0.4, 0.5) is 0 Å². The minimum Gasteiger partial charge on any atom is -0.307 e. The third-order valence-corrected chi connectivity index (χ3v) is 3.20. The van der Waals surface area contributed by atoms with Gasteiger partial charge in [0, 0.05) is 6.42 Å². The molecule has 94 valence electrons. The molecule has 0 aliphatic carbocycles. The van der Waals surface area contributed by atoms with E-state index >= 15 is 0 Å². The lowest BCUT2D eigenvalue weighted by atomic mass is 9.97. The van der Waals surface area contributed by atoms with Gasteiger partial charge in [0.05, 0.1) is 6.04 Å². The van der Waals surface area contributed by atoms with Crippen molar-refractivity contribution in [2.75, 3.05) is 6.54 Å². The van der Waals surface area contributed by atoms with Gasteiger partial charge >= 0.3 is 0 Å². The molecule has 1 aliphatic heterocycles. The van der Waals surface area contributed by atoms with Gasteiger partial charge in [-0.15, -0.1) is 12.4 Å². The fraction of sp³-hybridized carbons (Fsp3) is 0.500. The molecule has 1 aromatic rings. The maximum Gasteiger partial charge on any atom is 0.150 e. The molecular weight excluding hydrogens is 234 g/mol. The zero-order chi connectivity index (χ0) is 11.2. The van der Waals surface area contributed by atoms with Gasteiger partial charge in [-0.1, -0.05) is 36.8 Å². The molecule has 0 aromatic heterocycles. The van der Waals surface area contributed by atoms with Crippen molar-refractivity contribution in [2.24, 2.45) is 0 Å². The summed E-state index contributed by atoms with van der Waals surface area (Å²) in [7, 11) is 0. The van der Waals surface area contributed by atoms with Crippen LogP contribution < -0.4 is 5.32 Å². The number of hydrogen-bond donors (Lipinski definition) is 1. The highest BCUT2D eigenvalue weighted by molar-refractivity contribution is 5.85. The van der Waals surface area contributed by atoms with Crippen molar-refractivity contribution >= 4 is 18.2 Å². The van der Waals surface area contributed by atoms with Crippen LogP contribution in [-0.2, 0) is 11.2 Å². The van der Waals surface area contributed by atoms with Crippen molar-refractivity contribution < 1.29 is 4.79 Å². The van der Waals surface area contributed by atoms with E-state index < -0.39 is 0 Å². The van der Waals surface area contributed by atoms with Crippen LogP contribution in [0.5, 0.6) is 0 Å². The number of hydrogen-bond acceptors (Lipinski definition) is 2. The molecule has 1 N–H and O–H groups in total. The zero-order valence-electron chi connectivity index (χ0n) is 10.0. The van der Waals surface area contributed by atoms with Gasteiger partial charge in [0.15, 0.2) is 0 Å². The predicted octanol–water partition coefficient (Wildman–Crippen LogP) is 2.75. The van der Waals surface area contributed by atoms with E-state index in [9.17, 15) is 4.79 Å². The zero-order valence-corrected chi connectivity index (χ0v) is 10.8. The highest BCUT2D eigenvalue weighted by atomic mass is 35.5. The average Bonchev–Trinajstić information content (AvgIpc) is 2.38. The maximum atomic E-state index is 11.9. The molecule has 1 atom stereocenters. The molecule has 2 rings (SSSR count). The van der Waals surface area contributed by atoms with Crippen molar-refractivity contribution in [1.82, 2.24) is 5.32 Å². The molecule has 0 saturated carbocycles. The summed E-state index contributed by atoms with van der Waals surface area (Å²) in [5, 5.41) is 3.31. The van der Waals surface area contributed by atoms with E-state index in [1.54, 1.807) is 0 Å². The lowest BCUT2D eigenvalue weighted by Crippen LogP contribution is -2.40. The van der Waals surface area contributed by atoms with E-state index in [1.165, 1.54) is 18.4 Å². The summed E-state index contributed by atoms with van der Waals surface area (Å²) in [5.74, 6) is 0.378. The molecule has 0 unspecified atom stereocenters. The molecule has 0 amide bonds. The van der Waals surface area contributed by atoms with Gasteiger partial charge in [0.1, 0.15) is 5.78 Å². The van der Waals surface area contributed by atoms with Crippen molar-refractivity contribution in [3.63, 3.8) is 0 Å². The molecule has 1 saturated heterocycles. The van der Waals surface area contributed by atoms with Gasteiger partial charge in [0.2, 0.25) is 0 Å². The van der Waals surface area contributed by atoms with E-state index in [4.69, 9.17) is 0 Å². The van der Waals surface area contributed by atoms with Crippen molar-refractivity contribution in [3.8, 4) is 0 Å². The smallest absolute Gasteiger partial charge is 0.150 e. The van der Waals surface area contributed by atoms with Gasteiger partial charge in [-0.05, 0) is 31.4 Å². The maximum absolute atomic E-state index is 11.9. The second kappa shape index (κ2) is 7.46. The first kappa shape index (κ1) is 14.2. The second-order valence-electron chi connectivity index (χ2n) is 4.45. The van der Waals surface area contributed by atoms with Crippen molar-refractivity contribution in [1.29, 1.82) is 0 Å². The number of Topliss-reactive ketones (excluding diaryl/α,β-unsaturated/α-hetero) is 1. The monoisotopic (exact) mass is 253 g/mol. The number of piperidine rings is 1. The summed E-state index contributed by atoms with van der Waals surface area (Å²) < 4.78 is 0. The number of carbonyl (C=O) groups excluding carboxylic acids is 1. The van der Waals surface area contributed by atoms with E-state index in [-0.39, 0.29) is 18.4 Å². The summed E-state index contributed by atoms with van der Waals surface area (Å²) in [6, 6.07) is 10.4. The number of ketones is 1. The van der Waals surface area contributed by atoms with Gasteiger partial charge in [0.25, 0.3) is 0 Å². The first-order chi connectivity index (χ1) is 7.86.